The van der Waals surface area contributed by atoms with Crippen LogP contribution in [0.15, 0.2) is 16.6 Å². The Balaban J connectivity index is 3.28. The molecule has 0 saturated heterocycles. The van der Waals surface area contributed by atoms with Crippen molar-refractivity contribution in [2.45, 2.75) is 18.6 Å². The Bertz CT molecular complexity index is 409. The lowest BCUT2D eigenvalue weighted by Crippen LogP contribution is -2.14. The van der Waals surface area contributed by atoms with Gasteiger partial charge in [0.05, 0.1) is 5.56 Å². The van der Waals surface area contributed by atoms with Crippen LogP contribution in [0.4, 0.5) is 13.2 Å². The van der Waals surface area contributed by atoms with Crippen LogP contribution in [0.1, 0.15) is 23.6 Å². The predicted octanol–water partition coefficient (Wildman–Crippen LogP) is 2.56. The van der Waals surface area contributed by atoms with Crippen molar-refractivity contribution in [3.05, 3.63) is 27.7 Å². The highest BCUT2D eigenvalue weighted by atomic mass is 79.9. The van der Waals surface area contributed by atoms with Crippen molar-refractivity contribution < 1.29 is 23.4 Å². The molecular weight excluding hydrogens is 303 g/mol. The van der Waals surface area contributed by atoms with Gasteiger partial charge in [0, 0.05) is 22.7 Å². The summed E-state index contributed by atoms with van der Waals surface area (Å²) in [6.45, 7) is -0.269. The smallest absolute Gasteiger partial charge is 0.420 e. The van der Waals surface area contributed by atoms with Crippen LogP contribution in [-0.2, 0) is 6.18 Å². The van der Waals surface area contributed by atoms with Crippen LogP contribution in [0.3, 0.4) is 0 Å². The van der Waals surface area contributed by atoms with Crippen LogP contribution in [0.25, 0.3) is 0 Å². The summed E-state index contributed by atoms with van der Waals surface area (Å²) in [5, 5.41) is 18.2. The number of aromatic hydroxyl groups is 1. The van der Waals surface area contributed by atoms with E-state index >= 15 is 0 Å². The van der Waals surface area contributed by atoms with Gasteiger partial charge in [0.2, 0.25) is 0 Å². The molecule has 0 aliphatic rings. The van der Waals surface area contributed by atoms with Crippen LogP contribution in [0, 0.1) is 0 Å². The van der Waals surface area contributed by atoms with Gasteiger partial charge in [-0.25, -0.2) is 0 Å². The Morgan fingerprint density at radius 3 is 2.41 bits per heavy atom. The molecule has 1 atom stereocenters. The van der Waals surface area contributed by atoms with Gasteiger partial charge in [0.1, 0.15) is 5.75 Å². The summed E-state index contributed by atoms with van der Waals surface area (Å²) in [4.78, 5) is 0. The fourth-order valence-electron chi connectivity index (χ4n) is 1.41. The Kier molecular flexibility index (Phi) is 4.40. The molecule has 1 aromatic carbocycles. The van der Waals surface area contributed by atoms with E-state index in [-0.39, 0.29) is 23.1 Å². The molecule has 0 unspecified atom stereocenters. The van der Waals surface area contributed by atoms with E-state index in [0.29, 0.717) is 0 Å². The molecule has 0 aliphatic carbocycles. The second-order valence-electron chi connectivity index (χ2n) is 3.51. The van der Waals surface area contributed by atoms with E-state index in [4.69, 9.17) is 10.8 Å². The lowest BCUT2D eigenvalue weighted by molar-refractivity contribution is -0.138. The van der Waals surface area contributed by atoms with E-state index in [2.05, 4.69) is 15.9 Å². The van der Waals surface area contributed by atoms with E-state index in [1.807, 2.05) is 0 Å². The summed E-state index contributed by atoms with van der Waals surface area (Å²) in [5.74, 6) is -0.887. The number of nitrogens with two attached hydrogens (primary N) is 1. The van der Waals surface area contributed by atoms with Crippen LogP contribution in [0.2, 0.25) is 0 Å². The minimum Gasteiger partial charge on any atom is -0.507 e. The van der Waals surface area contributed by atoms with Gasteiger partial charge in [-0.1, -0.05) is 15.9 Å². The minimum atomic E-state index is -4.65. The fourth-order valence-corrected chi connectivity index (χ4v) is 1.89. The van der Waals surface area contributed by atoms with Crippen molar-refractivity contribution in [1.82, 2.24) is 0 Å². The zero-order valence-electron chi connectivity index (χ0n) is 8.63. The average Bonchev–Trinajstić information content (AvgIpc) is 2.19. The summed E-state index contributed by atoms with van der Waals surface area (Å²) < 4.78 is 37.9. The van der Waals surface area contributed by atoms with Crippen molar-refractivity contribution in [2.75, 3.05) is 6.61 Å². The van der Waals surface area contributed by atoms with Crippen molar-refractivity contribution >= 4 is 15.9 Å². The van der Waals surface area contributed by atoms with Crippen LogP contribution < -0.4 is 5.73 Å². The second-order valence-corrected chi connectivity index (χ2v) is 4.42. The molecule has 1 aromatic rings. The highest BCUT2D eigenvalue weighted by molar-refractivity contribution is 9.10. The highest BCUT2D eigenvalue weighted by Crippen LogP contribution is 2.41. The van der Waals surface area contributed by atoms with Crippen molar-refractivity contribution in [2.24, 2.45) is 5.73 Å². The number of phenols is 1. The van der Waals surface area contributed by atoms with Crippen LogP contribution in [0.5, 0.6) is 5.75 Å². The number of halogens is 4. The number of phenolic OH excluding ortho intramolecular Hbond substituents is 1. The molecule has 3 nitrogen and oxygen atoms in total. The van der Waals surface area contributed by atoms with E-state index in [0.717, 1.165) is 6.07 Å². The van der Waals surface area contributed by atoms with Gasteiger partial charge in [-0.15, -0.1) is 0 Å². The minimum absolute atomic E-state index is 0.0410. The maximum atomic E-state index is 12.6. The molecule has 4 N–H and O–H groups in total. The first-order valence-corrected chi connectivity index (χ1v) is 5.52. The van der Waals surface area contributed by atoms with Gasteiger partial charge >= 0.3 is 6.18 Å². The number of benzene rings is 1. The third kappa shape index (κ3) is 3.34. The van der Waals surface area contributed by atoms with Gasteiger partial charge in [-0.2, -0.15) is 13.2 Å². The van der Waals surface area contributed by atoms with Crippen molar-refractivity contribution in [3.63, 3.8) is 0 Å². The molecular formula is C10H11BrF3NO2. The average molecular weight is 314 g/mol. The Labute approximate surface area is 104 Å². The normalized spacial score (nSPS) is 13.8. The Morgan fingerprint density at radius 1 is 1.35 bits per heavy atom. The monoisotopic (exact) mass is 313 g/mol. The summed E-state index contributed by atoms with van der Waals surface area (Å²) in [7, 11) is 0. The zero-order chi connectivity index (χ0) is 13.2. The predicted molar refractivity (Wildman–Crippen MR) is 59.4 cm³/mol. The van der Waals surface area contributed by atoms with Gasteiger partial charge in [0.15, 0.2) is 0 Å². The summed E-state index contributed by atoms with van der Waals surface area (Å²) in [6.07, 6.45) is -4.58. The summed E-state index contributed by atoms with van der Waals surface area (Å²) in [5.41, 5.74) is 4.39. The lowest BCUT2D eigenvalue weighted by atomic mass is 10.0. The molecule has 1 rings (SSSR count). The largest absolute Gasteiger partial charge is 0.507 e. The molecule has 96 valence electrons. The first-order chi connectivity index (χ1) is 7.77. The molecule has 0 bridgehead atoms. The molecule has 0 spiro atoms. The SMILES string of the molecule is N[C@H](CCO)c1cc(Br)cc(C(F)(F)F)c1O. The molecule has 0 amide bonds. The van der Waals surface area contributed by atoms with E-state index in [1.165, 1.54) is 6.07 Å². The third-order valence-electron chi connectivity index (χ3n) is 2.25. The molecule has 0 radical (unpaired) electrons. The third-order valence-corrected chi connectivity index (χ3v) is 2.71. The molecule has 0 fully saturated rings. The molecule has 0 saturated carbocycles. The number of rotatable bonds is 3. The topological polar surface area (TPSA) is 66.5 Å². The summed E-state index contributed by atoms with van der Waals surface area (Å²) in [6, 6.07) is 1.24. The number of hydrogen-bond donors (Lipinski definition) is 3. The fraction of sp³-hybridized carbons (Fsp3) is 0.400. The maximum Gasteiger partial charge on any atom is 0.420 e. The molecule has 0 aromatic heterocycles. The van der Waals surface area contributed by atoms with Crippen molar-refractivity contribution in [3.8, 4) is 5.75 Å². The van der Waals surface area contributed by atoms with Crippen molar-refractivity contribution in [1.29, 1.82) is 0 Å². The number of aliphatic hydroxyl groups excluding tert-OH is 1. The maximum absolute atomic E-state index is 12.6. The number of aliphatic hydroxyl groups is 1. The first-order valence-electron chi connectivity index (χ1n) is 4.73. The van der Waals surface area contributed by atoms with Crippen LogP contribution in [-0.4, -0.2) is 16.8 Å². The molecule has 7 heteroatoms. The van der Waals surface area contributed by atoms with Gasteiger partial charge < -0.3 is 15.9 Å². The first kappa shape index (κ1) is 14.3. The van der Waals surface area contributed by atoms with E-state index in [1.54, 1.807) is 0 Å². The van der Waals surface area contributed by atoms with E-state index < -0.39 is 23.5 Å². The zero-order valence-corrected chi connectivity index (χ0v) is 10.2. The number of hydrogen-bond acceptors (Lipinski definition) is 3. The lowest BCUT2D eigenvalue weighted by Gasteiger charge is -2.17. The van der Waals surface area contributed by atoms with Gasteiger partial charge in [0.25, 0.3) is 0 Å². The van der Waals surface area contributed by atoms with Gasteiger partial charge in [-0.3, -0.25) is 0 Å². The highest BCUT2D eigenvalue weighted by Gasteiger charge is 2.35. The second kappa shape index (κ2) is 5.24. The molecule has 0 aliphatic heterocycles. The number of alkyl halides is 3. The standard InChI is InChI=1S/C10H11BrF3NO2/c11-5-3-6(8(15)1-2-16)9(17)7(4-5)10(12,13)14/h3-4,8,16-17H,1-2,15H2/t8-/m1/s1. The molecule has 0 heterocycles. The van der Waals surface area contributed by atoms with E-state index in [9.17, 15) is 18.3 Å². The van der Waals surface area contributed by atoms with Crippen LogP contribution >= 0.6 is 15.9 Å². The summed E-state index contributed by atoms with van der Waals surface area (Å²) >= 11 is 2.93. The molecule has 17 heavy (non-hydrogen) atoms. The van der Waals surface area contributed by atoms with Gasteiger partial charge in [-0.05, 0) is 18.6 Å². The Morgan fingerprint density at radius 2 is 1.94 bits per heavy atom. The quantitative estimate of drug-likeness (QED) is 0.803. The Hall–Kier alpha value is -0.790.